The van der Waals surface area contributed by atoms with E-state index in [0.717, 1.165) is 25.3 Å². The van der Waals surface area contributed by atoms with Gasteiger partial charge in [-0.1, -0.05) is 6.92 Å². The largest absolute Gasteiger partial charge is 0.467 e. The van der Waals surface area contributed by atoms with Crippen LogP contribution in [-0.4, -0.2) is 36.5 Å². The first kappa shape index (κ1) is 13.1. The highest BCUT2D eigenvalue weighted by Gasteiger charge is 2.23. The van der Waals surface area contributed by atoms with Gasteiger partial charge in [0.1, 0.15) is 5.76 Å². The summed E-state index contributed by atoms with van der Waals surface area (Å²) in [6.45, 7) is 4.78. The first-order valence-corrected chi connectivity index (χ1v) is 6.40. The Kier molecular flexibility index (Phi) is 4.38. The number of amides is 1. The number of nitrogens with two attached hydrogens (primary N) is 1. The van der Waals surface area contributed by atoms with Crippen LogP contribution in [0.15, 0.2) is 22.8 Å². The van der Waals surface area contributed by atoms with Gasteiger partial charge in [-0.25, -0.2) is 0 Å². The van der Waals surface area contributed by atoms with Crippen molar-refractivity contribution in [3.05, 3.63) is 24.2 Å². The Bertz CT molecular complexity index is 368. The third kappa shape index (κ3) is 3.85. The molecule has 1 aliphatic heterocycles. The summed E-state index contributed by atoms with van der Waals surface area (Å²) in [6.07, 6.45) is 2.65. The molecule has 1 amide bonds. The molecule has 1 fully saturated rings. The molecule has 1 aliphatic rings. The fourth-order valence-electron chi connectivity index (χ4n) is 2.50. The standard InChI is InChI=1S/C13H21N3O2/c1-10-5-11(14)8-16(7-10)9-13(17)15-6-12-3-2-4-18-12/h2-4,10-11H,5-9,14H2,1H3,(H,15,17). The fourth-order valence-corrected chi connectivity index (χ4v) is 2.50. The average Bonchev–Trinajstić information content (AvgIpc) is 2.77. The van der Waals surface area contributed by atoms with Crippen LogP contribution in [0.25, 0.3) is 0 Å². The quantitative estimate of drug-likeness (QED) is 0.820. The van der Waals surface area contributed by atoms with Gasteiger partial charge < -0.3 is 15.5 Å². The van der Waals surface area contributed by atoms with Gasteiger partial charge in [0.2, 0.25) is 5.91 Å². The lowest BCUT2D eigenvalue weighted by Gasteiger charge is -2.34. The number of rotatable bonds is 4. The Hall–Kier alpha value is -1.33. The number of nitrogens with zero attached hydrogens (tertiary/aromatic N) is 1. The van der Waals surface area contributed by atoms with Gasteiger partial charge in [-0.3, -0.25) is 9.69 Å². The van der Waals surface area contributed by atoms with E-state index in [-0.39, 0.29) is 11.9 Å². The van der Waals surface area contributed by atoms with Gasteiger partial charge in [0.15, 0.2) is 0 Å². The lowest BCUT2D eigenvalue weighted by molar-refractivity contribution is -0.122. The lowest BCUT2D eigenvalue weighted by Crippen LogP contribution is -2.49. The van der Waals surface area contributed by atoms with Crippen molar-refractivity contribution in [1.29, 1.82) is 0 Å². The van der Waals surface area contributed by atoms with Crippen molar-refractivity contribution in [2.75, 3.05) is 19.6 Å². The van der Waals surface area contributed by atoms with Gasteiger partial charge in [0.25, 0.3) is 0 Å². The van der Waals surface area contributed by atoms with Crippen molar-refractivity contribution in [3.8, 4) is 0 Å². The zero-order valence-corrected chi connectivity index (χ0v) is 10.8. The first-order chi connectivity index (χ1) is 8.63. The first-order valence-electron chi connectivity index (χ1n) is 6.40. The van der Waals surface area contributed by atoms with E-state index in [2.05, 4.69) is 17.1 Å². The smallest absolute Gasteiger partial charge is 0.234 e. The van der Waals surface area contributed by atoms with Crippen LogP contribution in [0, 0.1) is 5.92 Å². The number of hydrogen-bond acceptors (Lipinski definition) is 4. The maximum Gasteiger partial charge on any atom is 0.234 e. The summed E-state index contributed by atoms with van der Waals surface area (Å²) in [7, 11) is 0. The van der Waals surface area contributed by atoms with Crippen LogP contribution in [0.4, 0.5) is 0 Å². The zero-order chi connectivity index (χ0) is 13.0. The van der Waals surface area contributed by atoms with E-state index in [1.165, 1.54) is 0 Å². The van der Waals surface area contributed by atoms with Gasteiger partial charge >= 0.3 is 0 Å². The summed E-state index contributed by atoms with van der Waals surface area (Å²) >= 11 is 0. The van der Waals surface area contributed by atoms with Crippen LogP contribution >= 0.6 is 0 Å². The Balaban J connectivity index is 1.73. The van der Waals surface area contributed by atoms with E-state index < -0.39 is 0 Å². The second-order valence-corrected chi connectivity index (χ2v) is 5.15. The predicted molar refractivity (Wildman–Crippen MR) is 68.8 cm³/mol. The van der Waals surface area contributed by atoms with Gasteiger partial charge in [0, 0.05) is 19.1 Å². The molecule has 0 aromatic carbocycles. The van der Waals surface area contributed by atoms with E-state index in [9.17, 15) is 4.79 Å². The summed E-state index contributed by atoms with van der Waals surface area (Å²) in [4.78, 5) is 13.9. The molecule has 5 heteroatoms. The zero-order valence-electron chi connectivity index (χ0n) is 10.8. The molecule has 18 heavy (non-hydrogen) atoms. The summed E-state index contributed by atoms with van der Waals surface area (Å²) < 4.78 is 5.16. The number of nitrogens with one attached hydrogen (secondary N) is 1. The molecule has 1 aromatic rings. The Morgan fingerprint density at radius 2 is 2.44 bits per heavy atom. The number of likely N-dealkylation sites (tertiary alicyclic amines) is 1. The topological polar surface area (TPSA) is 71.5 Å². The molecular formula is C13H21N3O2. The number of hydrogen-bond donors (Lipinski definition) is 2. The molecule has 2 atom stereocenters. The third-order valence-corrected chi connectivity index (χ3v) is 3.17. The van der Waals surface area contributed by atoms with E-state index in [4.69, 9.17) is 10.2 Å². The van der Waals surface area contributed by atoms with Crippen LogP contribution in [0.1, 0.15) is 19.1 Å². The van der Waals surface area contributed by atoms with Crippen molar-refractivity contribution < 1.29 is 9.21 Å². The molecule has 2 unspecified atom stereocenters. The van der Waals surface area contributed by atoms with E-state index in [0.29, 0.717) is 19.0 Å². The molecular weight excluding hydrogens is 230 g/mol. The lowest BCUT2D eigenvalue weighted by atomic mass is 9.97. The van der Waals surface area contributed by atoms with Crippen molar-refractivity contribution in [2.24, 2.45) is 11.7 Å². The number of furan rings is 1. The molecule has 0 bridgehead atoms. The number of piperidine rings is 1. The van der Waals surface area contributed by atoms with Crippen LogP contribution in [-0.2, 0) is 11.3 Å². The van der Waals surface area contributed by atoms with Crippen molar-refractivity contribution >= 4 is 5.91 Å². The normalized spacial score (nSPS) is 25.0. The van der Waals surface area contributed by atoms with Crippen LogP contribution in [0.5, 0.6) is 0 Å². The van der Waals surface area contributed by atoms with Crippen molar-refractivity contribution in [3.63, 3.8) is 0 Å². The second-order valence-electron chi connectivity index (χ2n) is 5.15. The molecule has 0 radical (unpaired) electrons. The van der Waals surface area contributed by atoms with Crippen LogP contribution in [0.3, 0.4) is 0 Å². The fraction of sp³-hybridized carbons (Fsp3) is 0.615. The van der Waals surface area contributed by atoms with Gasteiger partial charge in [-0.2, -0.15) is 0 Å². The van der Waals surface area contributed by atoms with Gasteiger partial charge in [-0.05, 0) is 24.5 Å². The molecule has 1 aromatic heterocycles. The number of carbonyl (C=O) groups is 1. The van der Waals surface area contributed by atoms with Crippen molar-refractivity contribution in [1.82, 2.24) is 10.2 Å². The minimum Gasteiger partial charge on any atom is -0.467 e. The summed E-state index contributed by atoms with van der Waals surface area (Å²) in [5, 5.41) is 2.85. The molecule has 0 aliphatic carbocycles. The van der Waals surface area contributed by atoms with Crippen LogP contribution in [0.2, 0.25) is 0 Å². The molecule has 2 heterocycles. The molecule has 1 saturated heterocycles. The molecule has 0 spiro atoms. The summed E-state index contributed by atoms with van der Waals surface area (Å²) in [5.41, 5.74) is 5.95. The minimum absolute atomic E-state index is 0.0210. The van der Waals surface area contributed by atoms with E-state index in [1.807, 2.05) is 12.1 Å². The highest BCUT2D eigenvalue weighted by atomic mass is 16.3. The highest BCUT2D eigenvalue weighted by molar-refractivity contribution is 5.77. The Labute approximate surface area is 107 Å². The van der Waals surface area contributed by atoms with Gasteiger partial charge in [-0.15, -0.1) is 0 Å². The Morgan fingerprint density at radius 1 is 1.61 bits per heavy atom. The Morgan fingerprint density at radius 3 is 3.11 bits per heavy atom. The molecule has 5 nitrogen and oxygen atoms in total. The third-order valence-electron chi connectivity index (χ3n) is 3.17. The maximum absolute atomic E-state index is 11.8. The molecule has 3 N–H and O–H groups in total. The molecule has 100 valence electrons. The van der Waals surface area contributed by atoms with Crippen LogP contribution < -0.4 is 11.1 Å². The molecule has 2 rings (SSSR count). The molecule has 0 saturated carbocycles. The SMILES string of the molecule is CC1CC(N)CN(CC(=O)NCc2ccco2)C1. The average molecular weight is 251 g/mol. The minimum atomic E-state index is 0.0210. The maximum atomic E-state index is 11.8. The summed E-state index contributed by atoms with van der Waals surface area (Å²) in [5.74, 6) is 1.35. The second kappa shape index (κ2) is 6.02. The highest BCUT2D eigenvalue weighted by Crippen LogP contribution is 2.14. The van der Waals surface area contributed by atoms with E-state index in [1.54, 1.807) is 6.26 Å². The van der Waals surface area contributed by atoms with Gasteiger partial charge in [0.05, 0.1) is 19.4 Å². The van der Waals surface area contributed by atoms with Crippen molar-refractivity contribution in [2.45, 2.75) is 25.9 Å². The van der Waals surface area contributed by atoms with E-state index >= 15 is 0 Å². The number of carbonyl (C=O) groups excluding carboxylic acids is 1. The monoisotopic (exact) mass is 251 g/mol. The summed E-state index contributed by atoms with van der Waals surface area (Å²) in [6, 6.07) is 3.85. The predicted octanol–water partition coefficient (Wildman–Crippen LogP) is 0.565.